The Morgan fingerprint density at radius 2 is 1.80 bits per heavy atom. The van der Waals surface area contributed by atoms with Gasteiger partial charge in [-0.25, -0.2) is 4.39 Å². The van der Waals surface area contributed by atoms with Crippen LogP contribution in [-0.2, 0) is 6.54 Å². The van der Waals surface area contributed by atoms with Crippen LogP contribution in [0.1, 0.15) is 5.56 Å². The van der Waals surface area contributed by atoms with E-state index in [1.807, 2.05) is 0 Å². The molecule has 0 radical (unpaired) electrons. The van der Waals surface area contributed by atoms with Gasteiger partial charge < -0.3 is 10.1 Å². The molecule has 0 unspecified atom stereocenters. The third-order valence-electron chi connectivity index (χ3n) is 2.56. The Morgan fingerprint density at radius 1 is 1.10 bits per heavy atom. The maximum absolute atomic E-state index is 13.5. The number of hydrogen-bond acceptors (Lipinski definition) is 2. The van der Waals surface area contributed by atoms with Crippen LogP contribution in [0.25, 0.3) is 0 Å². The topological polar surface area (TPSA) is 21.3 Å². The van der Waals surface area contributed by atoms with Crippen LogP contribution < -0.4 is 10.1 Å². The summed E-state index contributed by atoms with van der Waals surface area (Å²) in [5.74, 6) is -0.261. The molecule has 20 heavy (non-hydrogen) atoms. The number of hydrogen-bond donors (Lipinski definition) is 1. The quantitative estimate of drug-likeness (QED) is 0.840. The van der Waals surface area contributed by atoms with E-state index >= 15 is 0 Å². The van der Waals surface area contributed by atoms with Gasteiger partial charge in [-0.2, -0.15) is 8.78 Å². The molecule has 0 bridgehead atoms. The lowest BCUT2D eigenvalue weighted by Crippen LogP contribution is -2.03. The summed E-state index contributed by atoms with van der Waals surface area (Å²) in [6.07, 6.45) is 0. The van der Waals surface area contributed by atoms with E-state index in [4.69, 9.17) is 0 Å². The molecule has 2 aromatic rings. The number of ether oxygens (including phenoxy) is 1. The maximum atomic E-state index is 13.5. The highest BCUT2D eigenvalue weighted by atomic mass is 79.9. The predicted octanol–water partition coefficient (Wildman–Crippen LogP) is 4.80. The summed E-state index contributed by atoms with van der Waals surface area (Å²) in [7, 11) is 0. The van der Waals surface area contributed by atoms with Crippen molar-refractivity contribution >= 4 is 21.6 Å². The van der Waals surface area contributed by atoms with E-state index in [0.717, 1.165) is 10.0 Å². The van der Waals surface area contributed by atoms with Gasteiger partial charge in [0.15, 0.2) is 0 Å². The molecule has 0 aliphatic carbocycles. The molecule has 0 aromatic heterocycles. The zero-order chi connectivity index (χ0) is 14.5. The van der Waals surface area contributed by atoms with Gasteiger partial charge in [-0.1, -0.05) is 28.1 Å². The van der Waals surface area contributed by atoms with Crippen LogP contribution in [0.4, 0.5) is 18.9 Å². The number of alkyl halides is 2. The van der Waals surface area contributed by atoms with Gasteiger partial charge >= 0.3 is 6.61 Å². The van der Waals surface area contributed by atoms with Crippen molar-refractivity contribution in [3.8, 4) is 5.75 Å². The molecule has 0 saturated heterocycles. The molecule has 0 fully saturated rings. The summed E-state index contributed by atoms with van der Waals surface area (Å²) in [5, 5.41) is 2.94. The van der Waals surface area contributed by atoms with Gasteiger partial charge in [0, 0.05) is 11.0 Å². The normalized spacial score (nSPS) is 10.7. The van der Waals surface area contributed by atoms with Crippen molar-refractivity contribution in [2.24, 2.45) is 0 Å². The molecule has 0 aliphatic rings. The molecular weight excluding hydrogens is 335 g/mol. The van der Waals surface area contributed by atoms with E-state index in [-0.39, 0.29) is 11.6 Å². The zero-order valence-electron chi connectivity index (χ0n) is 10.2. The number of rotatable bonds is 5. The number of nitrogens with one attached hydrogen (secondary N) is 1. The standard InChI is InChI=1S/C14H11BrF3NO/c15-10-3-6-12(16)13(7-10)19-8-9-1-4-11(5-2-9)20-14(17)18/h1-7,14,19H,8H2. The van der Waals surface area contributed by atoms with Gasteiger partial charge in [0.1, 0.15) is 11.6 Å². The van der Waals surface area contributed by atoms with E-state index in [2.05, 4.69) is 26.0 Å². The highest BCUT2D eigenvalue weighted by molar-refractivity contribution is 9.10. The second-order valence-electron chi connectivity index (χ2n) is 4.00. The summed E-state index contributed by atoms with van der Waals surface area (Å²) in [4.78, 5) is 0. The molecule has 0 aliphatic heterocycles. The highest BCUT2D eigenvalue weighted by Crippen LogP contribution is 2.21. The summed E-state index contributed by atoms with van der Waals surface area (Å²) in [6.45, 7) is -2.46. The first-order chi connectivity index (χ1) is 9.54. The Morgan fingerprint density at radius 3 is 2.45 bits per heavy atom. The fourth-order valence-corrected chi connectivity index (χ4v) is 1.98. The molecule has 2 rings (SSSR count). The lowest BCUT2D eigenvalue weighted by atomic mass is 10.2. The Hall–Kier alpha value is -1.69. The number of anilines is 1. The van der Waals surface area contributed by atoms with Crippen molar-refractivity contribution in [3.05, 3.63) is 58.3 Å². The second kappa shape index (κ2) is 6.65. The third kappa shape index (κ3) is 4.16. The Bertz CT molecular complexity index is 575. The van der Waals surface area contributed by atoms with Gasteiger partial charge in [-0.3, -0.25) is 0 Å². The van der Waals surface area contributed by atoms with Crippen molar-refractivity contribution in [2.45, 2.75) is 13.2 Å². The first-order valence-corrected chi connectivity index (χ1v) is 6.56. The van der Waals surface area contributed by atoms with E-state index in [0.29, 0.717) is 12.2 Å². The van der Waals surface area contributed by atoms with Crippen molar-refractivity contribution in [2.75, 3.05) is 5.32 Å². The fraction of sp³-hybridized carbons (Fsp3) is 0.143. The molecule has 0 saturated carbocycles. The molecular formula is C14H11BrF3NO. The molecule has 1 N–H and O–H groups in total. The molecule has 0 amide bonds. The SMILES string of the molecule is Fc1ccc(Br)cc1NCc1ccc(OC(F)F)cc1. The minimum atomic E-state index is -2.84. The van der Waals surface area contributed by atoms with Crippen LogP contribution >= 0.6 is 15.9 Å². The zero-order valence-corrected chi connectivity index (χ0v) is 11.8. The number of halogens is 4. The Labute approximate surface area is 122 Å². The van der Waals surface area contributed by atoms with E-state index < -0.39 is 6.61 Å². The highest BCUT2D eigenvalue weighted by Gasteiger charge is 2.05. The average molecular weight is 346 g/mol. The van der Waals surface area contributed by atoms with Crippen LogP contribution in [-0.4, -0.2) is 6.61 Å². The van der Waals surface area contributed by atoms with Gasteiger partial charge in [0.25, 0.3) is 0 Å². The average Bonchev–Trinajstić information content (AvgIpc) is 2.41. The third-order valence-corrected chi connectivity index (χ3v) is 3.05. The first-order valence-electron chi connectivity index (χ1n) is 5.77. The van der Waals surface area contributed by atoms with Crippen LogP contribution in [0.5, 0.6) is 5.75 Å². The van der Waals surface area contributed by atoms with Gasteiger partial charge in [-0.15, -0.1) is 0 Å². The molecule has 0 atom stereocenters. The van der Waals surface area contributed by atoms with Crippen LogP contribution in [0.3, 0.4) is 0 Å². The number of benzene rings is 2. The Kier molecular flexibility index (Phi) is 4.89. The molecule has 0 spiro atoms. The molecule has 6 heteroatoms. The van der Waals surface area contributed by atoms with Crippen molar-refractivity contribution in [1.82, 2.24) is 0 Å². The molecule has 106 valence electrons. The van der Waals surface area contributed by atoms with Crippen LogP contribution in [0.15, 0.2) is 46.9 Å². The van der Waals surface area contributed by atoms with Gasteiger partial charge in [0.05, 0.1) is 5.69 Å². The minimum Gasteiger partial charge on any atom is -0.435 e. The summed E-state index contributed by atoms with van der Waals surface area (Å²) < 4.78 is 42.5. The van der Waals surface area contributed by atoms with Crippen LogP contribution in [0.2, 0.25) is 0 Å². The smallest absolute Gasteiger partial charge is 0.387 e. The predicted molar refractivity (Wildman–Crippen MR) is 74.5 cm³/mol. The monoisotopic (exact) mass is 345 g/mol. The Balaban J connectivity index is 1.98. The van der Waals surface area contributed by atoms with Crippen molar-refractivity contribution < 1.29 is 17.9 Å². The van der Waals surface area contributed by atoms with Crippen molar-refractivity contribution in [3.63, 3.8) is 0 Å². The summed E-state index contributed by atoms with van der Waals surface area (Å²) in [6, 6.07) is 10.8. The minimum absolute atomic E-state index is 0.0948. The largest absolute Gasteiger partial charge is 0.435 e. The molecule has 0 heterocycles. The first kappa shape index (κ1) is 14.7. The van der Waals surface area contributed by atoms with Gasteiger partial charge in [0.2, 0.25) is 0 Å². The maximum Gasteiger partial charge on any atom is 0.387 e. The second-order valence-corrected chi connectivity index (χ2v) is 4.92. The van der Waals surface area contributed by atoms with Crippen LogP contribution in [0, 0.1) is 5.82 Å². The molecule has 2 nitrogen and oxygen atoms in total. The lowest BCUT2D eigenvalue weighted by molar-refractivity contribution is -0.0498. The van der Waals surface area contributed by atoms with Gasteiger partial charge in [-0.05, 0) is 35.9 Å². The molecule has 2 aromatic carbocycles. The summed E-state index contributed by atoms with van der Waals surface area (Å²) >= 11 is 3.26. The van der Waals surface area contributed by atoms with E-state index in [9.17, 15) is 13.2 Å². The van der Waals surface area contributed by atoms with Crippen molar-refractivity contribution in [1.29, 1.82) is 0 Å². The van der Waals surface area contributed by atoms with E-state index in [1.165, 1.54) is 18.2 Å². The lowest BCUT2D eigenvalue weighted by Gasteiger charge is -2.09. The summed E-state index contributed by atoms with van der Waals surface area (Å²) in [5.41, 5.74) is 1.19. The fourth-order valence-electron chi connectivity index (χ4n) is 1.62. The van der Waals surface area contributed by atoms with E-state index in [1.54, 1.807) is 24.3 Å².